The van der Waals surface area contributed by atoms with Crippen molar-refractivity contribution in [1.29, 1.82) is 5.41 Å². The minimum atomic E-state index is -0.125. The second-order valence-electron chi connectivity index (χ2n) is 8.10. The molecule has 0 aliphatic heterocycles. The summed E-state index contributed by atoms with van der Waals surface area (Å²) in [5.41, 5.74) is 16.1. The van der Waals surface area contributed by atoms with E-state index >= 15 is 0 Å². The third-order valence-electron chi connectivity index (χ3n) is 5.64. The Morgan fingerprint density at radius 3 is 1.53 bits per heavy atom. The number of amidine groups is 1. The lowest BCUT2D eigenvalue weighted by Gasteiger charge is -2.15. The van der Waals surface area contributed by atoms with Gasteiger partial charge in [0.15, 0.2) is 0 Å². The average molecular weight is 473 g/mol. The van der Waals surface area contributed by atoms with E-state index < -0.39 is 0 Å². The zero-order valence-corrected chi connectivity index (χ0v) is 19.4. The fourth-order valence-corrected chi connectivity index (χ4v) is 3.90. The van der Waals surface area contributed by atoms with Crippen LogP contribution in [0.3, 0.4) is 0 Å². The maximum Gasteiger partial charge on any atom is 0.127 e. The largest absolute Gasteiger partial charge is 0.457 e. The molecule has 0 atom stereocenters. The molecule has 1 aromatic heterocycles. The number of hydrogen-bond donors (Lipinski definition) is 3. The molecule has 6 nitrogen and oxygen atoms in total. The Kier molecular flexibility index (Phi) is 6.32. The molecule has 4 aromatic carbocycles. The monoisotopic (exact) mass is 472 g/mol. The Morgan fingerprint density at radius 1 is 0.611 bits per heavy atom. The van der Waals surface area contributed by atoms with E-state index in [9.17, 15) is 0 Å². The lowest BCUT2D eigenvalue weighted by atomic mass is 9.96. The van der Waals surface area contributed by atoms with Crippen LogP contribution in [0.1, 0.15) is 5.56 Å². The second kappa shape index (κ2) is 10.0. The number of para-hydroxylation sites is 2. The number of nitrogens with zero attached hydrogens (tertiary/aromatic N) is 1. The molecular weight excluding hydrogens is 448 g/mol. The Bertz CT molecular complexity index is 1480. The number of benzene rings is 4. The van der Waals surface area contributed by atoms with E-state index in [0.717, 1.165) is 22.6 Å². The van der Waals surface area contributed by atoms with Crippen LogP contribution in [0.25, 0.3) is 22.4 Å². The molecule has 0 radical (unpaired) electrons. The van der Waals surface area contributed by atoms with Gasteiger partial charge in [0.05, 0.1) is 16.9 Å². The number of nitrogens with one attached hydrogen (secondary N) is 1. The predicted octanol–water partition coefficient (Wildman–Crippen LogP) is 6.87. The predicted molar refractivity (Wildman–Crippen MR) is 144 cm³/mol. The molecule has 5 rings (SSSR count). The molecule has 1 heterocycles. The first kappa shape index (κ1) is 22.7. The Labute approximate surface area is 209 Å². The molecule has 36 heavy (non-hydrogen) atoms. The van der Waals surface area contributed by atoms with Gasteiger partial charge in [-0.2, -0.15) is 0 Å². The normalized spacial score (nSPS) is 10.6. The highest BCUT2D eigenvalue weighted by Gasteiger charge is 2.17. The summed E-state index contributed by atoms with van der Waals surface area (Å²) >= 11 is 0. The first-order valence-corrected chi connectivity index (χ1v) is 11.4. The van der Waals surface area contributed by atoms with E-state index in [0.29, 0.717) is 34.0 Å². The van der Waals surface area contributed by atoms with Crippen LogP contribution < -0.4 is 20.9 Å². The van der Waals surface area contributed by atoms with Gasteiger partial charge in [0.2, 0.25) is 0 Å². The average Bonchev–Trinajstić information content (AvgIpc) is 2.90. The highest BCUT2D eigenvalue weighted by molar-refractivity contribution is 6.08. The van der Waals surface area contributed by atoms with E-state index in [1.54, 1.807) is 6.20 Å². The number of nitrogens with two attached hydrogens (primary N) is 2. The summed E-state index contributed by atoms with van der Waals surface area (Å²) in [5.74, 6) is 2.78. The molecule has 0 spiro atoms. The molecule has 0 aliphatic rings. The van der Waals surface area contributed by atoms with Crippen LogP contribution in [0.2, 0.25) is 0 Å². The van der Waals surface area contributed by atoms with Crippen molar-refractivity contribution < 1.29 is 9.47 Å². The number of nitrogen functional groups attached to an aromatic ring is 2. The molecule has 5 aromatic rings. The summed E-state index contributed by atoms with van der Waals surface area (Å²) in [6.07, 6.45) is 1.70. The third-order valence-corrected chi connectivity index (χ3v) is 5.64. The third kappa shape index (κ3) is 4.88. The molecule has 0 saturated heterocycles. The molecular formula is C30H24N4O2. The molecule has 0 aliphatic carbocycles. The first-order chi connectivity index (χ1) is 17.6. The maximum atomic E-state index is 8.20. The van der Waals surface area contributed by atoms with Gasteiger partial charge in [-0.3, -0.25) is 10.4 Å². The minimum absolute atomic E-state index is 0.125. The van der Waals surface area contributed by atoms with Gasteiger partial charge < -0.3 is 20.9 Å². The zero-order chi connectivity index (χ0) is 24.9. The molecule has 0 fully saturated rings. The number of rotatable bonds is 7. The van der Waals surface area contributed by atoms with Crippen molar-refractivity contribution in [3.05, 3.63) is 121 Å². The van der Waals surface area contributed by atoms with Gasteiger partial charge in [-0.15, -0.1) is 0 Å². The van der Waals surface area contributed by atoms with Crippen LogP contribution in [0, 0.1) is 5.41 Å². The van der Waals surface area contributed by atoms with E-state index in [1.165, 1.54) is 0 Å². The van der Waals surface area contributed by atoms with Crippen LogP contribution in [-0.2, 0) is 0 Å². The molecule has 0 amide bonds. The van der Waals surface area contributed by atoms with E-state index in [2.05, 4.69) is 4.98 Å². The van der Waals surface area contributed by atoms with Crippen molar-refractivity contribution in [2.45, 2.75) is 0 Å². The Morgan fingerprint density at radius 2 is 1.06 bits per heavy atom. The summed E-state index contributed by atoms with van der Waals surface area (Å²) in [6, 6.07) is 34.1. The lowest BCUT2D eigenvalue weighted by Crippen LogP contribution is -2.16. The van der Waals surface area contributed by atoms with Crippen LogP contribution in [0.5, 0.6) is 23.0 Å². The van der Waals surface area contributed by atoms with Gasteiger partial charge in [0.1, 0.15) is 28.8 Å². The topological polar surface area (TPSA) is 107 Å². The fourth-order valence-electron chi connectivity index (χ4n) is 3.90. The molecule has 0 bridgehead atoms. The number of pyridine rings is 1. The van der Waals surface area contributed by atoms with Gasteiger partial charge in [0.25, 0.3) is 0 Å². The van der Waals surface area contributed by atoms with Crippen molar-refractivity contribution in [1.82, 2.24) is 4.98 Å². The quantitative estimate of drug-likeness (QED) is 0.177. The van der Waals surface area contributed by atoms with Gasteiger partial charge in [-0.1, -0.05) is 48.5 Å². The SMILES string of the molecule is N=C(N)c1c(-c2ccc(Oc3ccccc3)cc2)cnc(-c2ccc(Oc3ccccc3)cc2)c1N. The van der Waals surface area contributed by atoms with Crippen molar-refractivity contribution in [2.24, 2.45) is 5.73 Å². The fraction of sp³-hybridized carbons (Fsp3) is 0. The number of hydrogen-bond acceptors (Lipinski definition) is 5. The number of aromatic nitrogens is 1. The van der Waals surface area contributed by atoms with Gasteiger partial charge >= 0.3 is 0 Å². The highest BCUT2D eigenvalue weighted by atomic mass is 16.5. The van der Waals surface area contributed by atoms with Crippen LogP contribution >= 0.6 is 0 Å². The summed E-state index contributed by atoms with van der Waals surface area (Å²) in [4.78, 5) is 4.62. The van der Waals surface area contributed by atoms with E-state index in [1.807, 2.05) is 109 Å². The molecule has 5 N–H and O–H groups in total. The van der Waals surface area contributed by atoms with Crippen molar-refractivity contribution in [3.63, 3.8) is 0 Å². The standard InChI is InChI=1S/C30H24N4O2/c31-28-27(30(32)33)26(20-11-15-24(16-12-20)35-22-7-3-1-4-8-22)19-34-29(28)21-13-17-25(18-14-21)36-23-9-5-2-6-10-23/h1-19H,31H2,(H3,32,33). The molecule has 0 unspecified atom stereocenters. The molecule has 6 heteroatoms. The number of ether oxygens (including phenoxy) is 2. The first-order valence-electron chi connectivity index (χ1n) is 11.4. The highest BCUT2D eigenvalue weighted by Crippen LogP contribution is 2.35. The van der Waals surface area contributed by atoms with E-state index in [4.69, 9.17) is 26.4 Å². The summed E-state index contributed by atoms with van der Waals surface area (Å²) in [6.45, 7) is 0. The van der Waals surface area contributed by atoms with Crippen molar-refractivity contribution >= 4 is 11.5 Å². The van der Waals surface area contributed by atoms with Crippen LogP contribution in [0.4, 0.5) is 5.69 Å². The van der Waals surface area contributed by atoms with Gasteiger partial charge in [-0.05, 0) is 66.2 Å². The maximum absolute atomic E-state index is 8.20. The van der Waals surface area contributed by atoms with Gasteiger partial charge in [0, 0.05) is 17.3 Å². The smallest absolute Gasteiger partial charge is 0.127 e. The van der Waals surface area contributed by atoms with Gasteiger partial charge in [-0.25, -0.2) is 0 Å². The number of anilines is 1. The van der Waals surface area contributed by atoms with E-state index in [-0.39, 0.29) is 5.84 Å². The molecule has 176 valence electrons. The summed E-state index contributed by atoms with van der Waals surface area (Å²) < 4.78 is 11.7. The summed E-state index contributed by atoms with van der Waals surface area (Å²) in [5, 5.41) is 8.20. The van der Waals surface area contributed by atoms with Crippen molar-refractivity contribution in [2.75, 3.05) is 5.73 Å². The lowest BCUT2D eigenvalue weighted by molar-refractivity contribution is 0.482. The Balaban J connectivity index is 1.42. The molecule has 0 saturated carbocycles. The second-order valence-corrected chi connectivity index (χ2v) is 8.10. The van der Waals surface area contributed by atoms with Crippen molar-refractivity contribution in [3.8, 4) is 45.4 Å². The Hall–Kier alpha value is -5.10. The zero-order valence-electron chi connectivity index (χ0n) is 19.4. The minimum Gasteiger partial charge on any atom is -0.457 e. The van der Waals surface area contributed by atoms with Crippen LogP contribution in [-0.4, -0.2) is 10.8 Å². The summed E-state index contributed by atoms with van der Waals surface area (Å²) in [7, 11) is 0. The van der Waals surface area contributed by atoms with Crippen LogP contribution in [0.15, 0.2) is 115 Å².